The second-order valence-corrected chi connectivity index (χ2v) is 6.89. The van der Waals surface area contributed by atoms with Gasteiger partial charge in [-0.3, -0.25) is 0 Å². The SMILES string of the molecule is CC(C)(C)OC(=O)N1CCC2(CCOCC2)C(C=O)C1. The lowest BCUT2D eigenvalue weighted by atomic mass is 9.66. The lowest BCUT2D eigenvalue weighted by Crippen LogP contribution is -2.52. The number of rotatable bonds is 1. The van der Waals surface area contributed by atoms with E-state index in [1.54, 1.807) is 4.90 Å². The molecule has 0 aromatic heterocycles. The van der Waals surface area contributed by atoms with Crippen LogP contribution in [0.3, 0.4) is 0 Å². The van der Waals surface area contributed by atoms with Crippen LogP contribution in [0.15, 0.2) is 0 Å². The summed E-state index contributed by atoms with van der Waals surface area (Å²) in [6, 6.07) is 0. The van der Waals surface area contributed by atoms with Crippen LogP contribution in [0.25, 0.3) is 0 Å². The van der Waals surface area contributed by atoms with Crippen LogP contribution in [0.4, 0.5) is 4.79 Å². The van der Waals surface area contributed by atoms with Crippen LogP contribution >= 0.6 is 0 Å². The molecule has 0 N–H and O–H groups in total. The molecule has 5 heteroatoms. The molecular formula is C15H25NO4. The first kappa shape index (κ1) is 15.3. The third-order valence-electron chi connectivity index (χ3n) is 4.39. The van der Waals surface area contributed by atoms with Gasteiger partial charge in [0.05, 0.1) is 0 Å². The van der Waals surface area contributed by atoms with Gasteiger partial charge in [-0.1, -0.05) is 0 Å². The second-order valence-electron chi connectivity index (χ2n) is 6.89. The van der Waals surface area contributed by atoms with Gasteiger partial charge in [-0.25, -0.2) is 4.79 Å². The third-order valence-corrected chi connectivity index (χ3v) is 4.39. The average Bonchev–Trinajstić information content (AvgIpc) is 2.38. The number of piperidine rings is 1. The van der Waals surface area contributed by atoms with Crippen molar-refractivity contribution in [3.05, 3.63) is 0 Å². The number of ether oxygens (including phenoxy) is 2. The predicted molar refractivity (Wildman–Crippen MR) is 74.5 cm³/mol. The molecule has 20 heavy (non-hydrogen) atoms. The van der Waals surface area contributed by atoms with Crippen molar-refractivity contribution < 1.29 is 19.1 Å². The third kappa shape index (κ3) is 3.32. The molecule has 0 radical (unpaired) electrons. The van der Waals surface area contributed by atoms with Gasteiger partial charge in [0.25, 0.3) is 0 Å². The van der Waals surface area contributed by atoms with E-state index in [-0.39, 0.29) is 17.4 Å². The molecule has 0 saturated carbocycles. The Hall–Kier alpha value is -1.10. The molecule has 1 unspecified atom stereocenters. The quantitative estimate of drug-likeness (QED) is 0.693. The number of nitrogens with zero attached hydrogens (tertiary/aromatic N) is 1. The fourth-order valence-electron chi connectivity index (χ4n) is 3.14. The Balaban J connectivity index is 2.01. The highest BCUT2D eigenvalue weighted by atomic mass is 16.6. The van der Waals surface area contributed by atoms with Crippen molar-refractivity contribution in [3.63, 3.8) is 0 Å². The van der Waals surface area contributed by atoms with E-state index in [2.05, 4.69) is 0 Å². The maximum absolute atomic E-state index is 12.1. The summed E-state index contributed by atoms with van der Waals surface area (Å²) >= 11 is 0. The molecule has 2 heterocycles. The van der Waals surface area contributed by atoms with Crippen molar-refractivity contribution >= 4 is 12.4 Å². The first-order valence-electron chi connectivity index (χ1n) is 7.37. The monoisotopic (exact) mass is 283 g/mol. The first-order chi connectivity index (χ1) is 9.36. The molecule has 1 amide bonds. The summed E-state index contributed by atoms with van der Waals surface area (Å²) in [5, 5.41) is 0. The van der Waals surface area contributed by atoms with Gasteiger partial charge in [0, 0.05) is 32.2 Å². The zero-order valence-corrected chi connectivity index (χ0v) is 12.7. The largest absolute Gasteiger partial charge is 0.444 e. The molecule has 1 spiro atoms. The fourth-order valence-corrected chi connectivity index (χ4v) is 3.14. The van der Waals surface area contributed by atoms with Gasteiger partial charge >= 0.3 is 6.09 Å². The van der Waals surface area contributed by atoms with Crippen molar-refractivity contribution in [2.45, 2.75) is 45.6 Å². The van der Waals surface area contributed by atoms with Gasteiger partial charge in [-0.05, 0) is 45.4 Å². The Morgan fingerprint density at radius 2 is 1.95 bits per heavy atom. The van der Waals surface area contributed by atoms with E-state index in [0.29, 0.717) is 13.1 Å². The van der Waals surface area contributed by atoms with E-state index in [0.717, 1.165) is 38.8 Å². The lowest BCUT2D eigenvalue weighted by Gasteiger charge is -2.47. The molecule has 5 nitrogen and oxygen atoms in total. The zero-order chi connectivity index (χ0) is 14.8. The highest BCUT2D eigenvalue weighted by Gasteiger charge is 2.45. The summed E-state index contributed by atoms with van der Waals surface area (Å²) in [7, 11) is 0. The van der Waals surface area contributed by atoms with Gasteiger partial charge in [0.1, 0.15) is 11.9 Å². The molecule has 2 aliphatic heterocycles. The van der Waals surface area contributed by atoms with Crippen molar-refractivity contribution in [2.75, 3.05) is 26.3 Å². The summed E-state index contributed by atoms with van der Waals surface area (Å²) in [5.74, 6) is -0.104. The van der Waals surface area contributed by atoms with Gasteiger partial charge in [-0.15, -0.1) is 0 Å². The van der Waals surface area contributed by atoms with Crippen LogP contribution in [0.1, 0.15) is 40.0 Å². The molecule has 2 aliphatic rings. The fraction of sp³-hybridized carbons (Fsp3) is 0.867. The normalized spacial score (nSPS) is 26.4. The molecule has 2 fully saturated rings. The smallest absolute Gasteiger partial charge is 0.410 e. The Morgan fingerprint density at radius 3 is 2.50 bits per heavy atom. The minimum Gasteiger partial charge on any atom is -0.444 e. The van der Waals surface area contributed by atoms with Crippen LogP contribution in [0, 0.1) is 11.3 Å². The number of hydrogen-bond donors (Lipinski definition) is 0. The highest BCUT2D eigenvalue weighted by Crippen LogP contribution is 2.44. The Morgan fingerprint density at radius 1 is 1.30 bits per heavy atom. The van der Waals surface area contributed by atoms with E-state index in [4.69, 9.17) is 9.47 Å². The van der Waals surface area contributed by atoms with Crippen molar-refractivity contribution in [1.29, 1.82) is 0 Å². The van der Waals surface area contributed by atoms with E-state index in [1.807, 2.05) is 20.8 Å². The summed E-state index contributed by atoms with van der Waals surface area (Å²) < 4.78 is 10.8. The standard InChI is InChI=1S/C15H25NO4/c1-14(2,3)20-13(18)16-7-4-15(12(10-16)11-17)5-8-19-9-6-15/h11-12H,4-10H2,1-3H3. The minimum absolute atomic E-state index is 0.0263. The molecule has 1 atom stereocenters. The number of likely N-dealkylation sites (tertiary alicyclic amines) is 1. The van der Waals surface area contributed by atoms with E-state index < -0.39 is 5.60 Å². The van der Waals surface area contributed by atoms with Crippen LogP contribution in [-0.2, 0) is 14.3 Å². The number of carbonyl (C=O) groups is 2. The number of hydrogen-bond acceptors (Lipinski definition) is 4. The molecular weight excluding hydrogens is 258 g/mol. The molecule has 2 rings (SSSR count). The maximum atomic E-state index is 12.1. The molecule has 0 bridgehead atoms. The van der Waals surface area contributed by atoms with Crippen molar-refractivity contribution in [2.24, 2.45) is 11.3 Å². The second kappa shape index (κ2) is 5.72. The van der Waals surface area contributed by atoms with Crippen LogP contribution in [0.5, 0.6) is 0 Å². The molecule has 0 aromatic carbocycles. The van der Waals surface area contributed by atoms with Crippen LogP contribution in [0.2, 0.25) is 0 Å². The topological polar surface area (TPSA) is 55.8 Å². The minimum atomic E-state index is -0.498. The summed E-state index contributed by atoms with van der Waals surface area (Å²) in [6.45, 7) is 8.13. The van der Waals surface area contributed by atoms with Gasteiger partial charge in [-0.2, -0.15) is 0 Å². The van der Waals surface area contributed by atoms with Crippen LogP contribution in [-0.4, -0.2) is 49.2 Å². The Labute approximate surface area is 120 Å². The first-order valence-corrected chi connectivity index (χ1v) is 7.37. The summed E-state index contributed by atoms with van der Waals surface area (Å²) in [5.41, 5.74) is -0.472. The van der Waals surface area contributed by atoms with Crippen molar-refractivity contribution in [3.8, 4) is 0 Å². The summed E-state index contributed by atoms with van der Waals surface area (Å²) in [6.07, 6.45) is 3.39. The number of aldehydes is 1. The van der Waals surface area contributed by atoms with Gasteiger partial charge < -0.3 is 19.2 Å². The maximum Gasteiger partial charge on any atom is 0.410 e. The lowest BCUT2D eigenvalue weighted by molar-refractivity contribution is -0.123. The van der Waals surface area contributed by atoms with Gasteiger partial charge in [0.2, 0.25) is 0 Å². The Kier molecular flexibility index (Phi) is 4.37. The number of amides is 1. The number of carbonyl (C=O) groups excluding carboxylic acids is 2. The Bertz CT molecular complexity index is 369. The highest BCUT2D eigenvalue weighted by molar-refractivity contribution is 5.69. The molecule has 114 valence electrons. The average molecular weight is 283 g/mol. The van der Waals surface area contributed by atoms with Crippen molar-refractivity contribution in [1.82, 2.24) is 4.90 Å². The van der Waals surface area contributed by atoms with Crippen LogP contribution < -0.4 is 0 Å². The van der Waals surface area contributed by atoms with E-state index >= 15 is 0 Å². The van der Waals surface area contributed by atoms with E-state index in [9.17, 15) is 9.59 Å². The summed E-state index contributed by atoms with van der Waals surface area (Å²) in [4.78, 5) is 25.2. The predicted octanol–water partition coefficient (Wildman–Crippen LogP) is 2.24. The molecule has 2 saturated heterocycles. The zero-order valence-electron chi connectivity index (χ0n) is 12.7. The van der Waals surface area contributed by atoms with Gasteiger partial charge in [0.15, 0.2) is 0 Å². The molecule has 0 aliphatic carbocycles. The molecule has 0 aromatic rings. The van der Waals surface area contributed by atoms with E-state index in [1.165, 1.54) is 0 Å².